The number of aromatic amines is 1. The lowest BCUT2D eigenvalue weighted by Gasteiger charge is -2.00. The van der Waals surface area contributed by atoms with E-state index in [1.807, 2.05) is 24.2 Å². The number of alkyl halides is 1. The third kappa shape index (κ3) is 7.34. The zero-order chi connectivity index (χ0) is 11.5. The number of aromatic nitrogens is 2. The van der Waals surface area contributed by atoms with Gasteiger partial charge in [0.15, 0.2) is 5.16 Å². The van der Waals surface area contributed by atoms with Crippen LogP contribution in [0.25, 0.3) is 0 Å². The molecule has 4 heteroatoms. The van der Waals surface area contributed by atoms with Crippen LogP contribution in [0.5, 0.6) is 0 Å². The molecule has 92 valence electrons. The van der Waals surface area contributed by atoms with Crippen LogP contribution in [0.2, 0.25) is 0 Å². The SMILES string of the molecule is BrCCCCCCCCCSc1ncc[nH]1. The number of halogens is 1. The molecular weight excluding hydrogens is 284 g/mol. The van der Waals surface area contributed by atoms with Crippen LogP contribution in [0, 0.1) is 0 Å². The van der Waals surface area contributed by atoms with E-state index in [1.165, 1.54) is 50.7 Å². The molecule has 1 heterocycles. The normalized spacial score (nSPS) is 10.8. The van der Waals surface area contributed by atoms with Crippen LogP contribution in [-0.4, -0.2) is 21.1 Å². The molecule has 0 atom stereocenters. The van der Waals surface area contributed by atoms with Gasteiger partial charge in [-0.1, -0.05) is 59.8 Å². The lowest BCUT2D eigenvalue weighted by molar-refractivity contribution is 0.606. The summed E-state index contributed by atoms with van der Waals surface area (Å²) in [5.41, 5.74) is 0. The minimum atomic E-state index is 1.05. The summed E-state index contributed by atoms with van der Waals surface area (Å²) in [6.07, 6.45) is 13.3. The summed E-state index contributed by atoms with van der Waals surface area (Å²) >= 11 is 5.29. The van der Waals surface area contributed by atoms with Gasteiger partial charge in [0.25, 0.3) is 0 Å². The van der Waals surface area contributed by atoms with Crippen molar-refractivity contribution in [1.82, 2.24) is 9.97 Å². The molecule has 0 aliphatic carbocycles. The van der Waals surface area contributed by atoms with E-state index in [0.717, 1.165) is 10.5 Å². The fourth-order valence-electron chi connectivity index (χ4n) is 1.58. The summed E-state index contributed by atoms with van der Waals surface area (Å²) < 4.78 is 0. The summed E-state index contributed by atoms with van der Waals surface area (Å²) in [5, 5.41) is 2.21. The van der Waals surface area contributed by atoms with Crippen LogP contribution < -0.4 is 0 Å². The highest BCUT2D eigenvalue weighted by molar-refractivity contribution is 9.09. The van der Waals surface area contributed by atoms with Gasteiger partial charge >= 0.3 is 0 Å². The van der Waals surface area contributed by atoms with Gasteiger partial charge in [0, 0.05) is 23.5 Å². The first kappa shape index (κ1) is 14.1. The Hall–Kier alpha value is 0.0400. The van der Waals surface area contributed by atoms with E-state index in [-0.39, 0.29) is 0 Å². The predicted molar refractivity (Wildman–Crippen MR) is 75.4 cm³/mol. The number of hydrogen-bond acceptors (Lipinski definition) is 2. The summed E-state index contributed by atoms with van der Waals surface area (Å²) in [6.45, 7) is 0. The molecule has 1 N–H and O–H groups in total. The molecule has 0 amide bonds. The maximum absolute atomic E-state index is 4.19. The van der Waals surface area contributed by atoms with Gasteiger partial charge in [0.2, 0.25) is 0 Å². The van der Waals surface area contributed by atoms with Crippen molar-refractivity contribution in [2.75, 3.05) is 11.1 Å². The zero-order valence-corrected chi connectivity index (χ0v) is 12.2. The third-order valence-electron chi connectivity index (χ3n) is 2.49. The van der Waals surface area contributed by atoms with E-state index in [2.05, 4.69) is 25.9 Å². The second-order valence-corrected chi connectivity index (χ2v) is 5.78. The van der Waals surface area contributed by atoms with E-state index in [9.17, 15) is 0 Å². The fraction of sp³-hybridized carbons (Fsp3) is 0.750. The maximum atomic E-state index is 4.19. The first-order valence-electron chi connectivity index (χ1n) is 6.11. The lowest BCUT2D eigenvalue weighted by atomic mass is 10.1. The molecule has 1 aromatic rings. The van der Waals surface area contributed by atoms with E-state index >= 15 is 0 Å². The monoisotopic (exact) mass is 304 g/mol. The molecular formula is C12H21BrN2S. The van der Waals surface area contributed by atoms with Crippen molar-refractivity contribution in [1.29, 1.82) is 0 Å². The topological polar surface area (TPSA) is 28.7 Å². The molecule has 0 saturated carbocycles. The first-order chi connectivity index (χ1) is 7.93. The number of unbranched alkanes of at least 4 members (excludes halogenated alkanes) is 6. The van der Waals surface area contributed by atoms with Crippen molar-refractivity contribution >= 4 is 27.7 Å². The highest BCUT2D eigenvalue weighted by Gasteiger charge is 1.95. The molecule has 0 fully saturated rings. The Labute approximate surface area is 111 Å². The fourth-order valence-corrected chi connectivity index (χ4v) is 2.80. The summed E-state index contributed by atoms with van der Waals surface area (Å²) in [7, 11) is 0. The van der Waals surface area contributed by atoms with Crippen molar-refractivity contribution in [3.63, 3.8) is 0 Å². The molecule has 1 aromatic heterocycles. The quantitative estimate of drug-likeness (QED) is 0.388. The van der Waals surface area contributed by atoms with Gasteiger partial charge in [0.1, 0.15) is 0 Å². The van der Waals surface area contributed by atoms with Crippen molar-refractivity contribution in [2.45, 2.75) is 50.1 Å². The summed E-state index contributed by atoms with van der Waals surface area (Å²) in [4.78, 5) is 7.30. The highest BCUT2D eigenvalue weighted by Crippen LogP contribution is 2.15. The van der Waals surface area contributed by atoms with Crippen LogP contribution in [0.4, 0.5) is 0 Å². The van der Waals surface area contributed by atoms with Crippen LogP contribution in [0.3, 0.4) is 0 Å². The molecule has 0 unspecified atom stereocenters. The van der Waals surface area contributed by atoms with Crippen molar-refractivity contribution in [3.8, 4) is 0 Å². The standard InChI is InChI=1S/C12H21BrN2S/c13-8-6-4-2-1-3-5-7-11-16-12-14-9-10-15-12/h9-10H,1-8,11H2,(H,14,15). The highest BCUT2D eigenvalue weighted by atomic mass is 79.9. The molecule has 2 nitrogen and oxygen atoms in total. The minimum Gasteiger partial charge on any atom is -0.340 e. The Balaban J connectivity index is 1.78. The summed E-state index contributed by atoms with van der Waals surface area (Å²) in [5.74, 6) is 1.19. The molecule has 0 saturated heterocycles. The molecule has 0 aromatic carbocycles. The number of thioether (sulfide) groups is 1. The largest absolute Gasteiger partial charge is 0.340 e. The van der Waals surface area contributed by atoms with Gasteiger partial charge in [-0.25, -0.2) is 4.98 Å². The van der Waals surface area contributed by atoms with Gasteiger partial charge in [-0.3, -0.25) is 0 Å². The average molecular weight is 305 g/mol. The van der Waals surface area contributed by atoms with Gasteiger partial charge in [-0.05, 0) is 12.8 Å². The number of nitrogens with zero attached hydrogens (tertiary/aromatic N) is 1. The van der Waals surface area contributed by atoms with Crippen LogP contribution >= 0.6 is 27.7 Å². The van der Waals surface area contributed by atoms with E-state index < -0.39 is 0 Å². The van der Waals surface area contributed by atoms with Crippen LogP contribution in [-0.2, 0) is 0 Å². The molecule has 0 radical (unpaired) electrons. The van der Waals surface area contributed by atoms with E-state index in [4.69, 9.17) is 0 Å². The maximum Gasteiger partial charge on any atom is 0.165 e. The first-order valence-corrected chi connectivity index (χ1v) is 8.22. The number of rotatable bonds is 10. The zero-order valence-electron chi connectivity index (χ0n) is 9.75. The van der Waals surface area contributed by atoms with Crippen molar-refractivity contribution in [3.05, 3.63) is 12.4 Å². The molecule has 0 bridgehead atoms. The Bertz CT molecular complexity index is 239. The Morgan fingerprint density at radius 2 is 1.75 bits per heavy atom. The second kappa shape index (κ2) is 10.2. The number of H-pyrrole nitrogens is 1. The van der Waals surface area contributed by atoms with Crippen LogP contribution in [0.1, 0.15) is 44.9 Å². The van der Waals surface area contributed by atoms with Gasteiger partial charge in [-0.2, -0.15) is 0 Å². The van der Waals surface area contributed by atoms with Crippen molar-refractivity contribution in [2.24, 2.45) is 0 Å². The Kier molecular flexibility index (Phi) is 9.00. The van der Waals surface area contributed by atoms with Gasteiger partial charge < -0.3 is 4.98 Å². The number of imidazole rings is 1. The molecule has 0 aliphatic heterocycles. The van der Waals surface area contributed by atoms with Gasteiger partial charge in [-0.15, -0.1) is 0 Å². The van der Waals surface area contributed by atoms with E-state index in [1.54, 1.807) is 0 Å². The Morgan fingerprint density at radius 3 is 2.38 bits per heavy atom. The Morgan fingerprint density at radius 1 is 1.06 bits per heavy atom. The third-order valence-corrected chi connectivity index (χ3v) is 4.04. The minimum absolute atomic E-state index is 1.05. The van der Waals surface area contributed by atoms with Gasteiger partial charge in [0.05, 0.1) is 0 Å². The van der Waals surface area contributed by atoms with Crippen molar-refractivity contribution < 1.29 is 0 Å². The average Bonchev–Trinajstić information content (AvgIpc) is 2.80. The number of hydrogen-bond donors (Lipinski definition) is 1. The number of nitrogens with one attached hydrogen (secondary N) is 1. The molecule has 1 rings (SSSR count). The molecule has 0 aliphatic rings. The summed E-state index contributed by atoms with van der Waals surface area (Å²) in [6, 6.07) is 0. The van der Waals surface area contributed by atoms with E-state index in [0.29, 0.717) is 0 Å². The van der Waals surface area contributed by atoms with Crippen LogP contribution in [0.15, 0.2) is 17.6 Å². The predicted octanol–water partition coefficient (Wildman–Crippen LogP) is 4.63. The molecule has 16 heavy (non-hydrogen) atoms. The second-order valence-electron chi connectivity index (χ2n) is 3.91. The smallest absolute Gasteiger partial charge is 0.165 e. The molecule has 0 spiro atoms. The lowest BCUT2D eigenvalue weighted by Crippen LogP contribution is -1.84.